The Bertz CT molecular complexity index is 1590. The minimum atomic E-state index is -2.25. The number of carbonyl (C=O) groups is 3. The number of rotatable bonds is 11. The van der Waals surface area contributed by atoms with Crippen molar-refractivity contribution in [2.24, 2.45) is 0 Å². The van der Waals surface area contributed by atoms with Crippen molar-refractivity contribution in [2.45, 2.75) is 50.5 Å². The van der Waals surface area contributed by atoms with E-state index in [0.717, 1.165) is 33.4 Å². The second-order valence-corrected chi connectivity index (χ2v) is 16.8. The zero-order valence-corrected chi connectivity index (χ0v) is 27.2. The van der Waals surface area contributed by atoms with Crippen LogP contribution >= 0.6 is 0 Å². The van der Waals surface area contributed by atoms with E-state index in [1.165, 1.54) is 4.90 Å². The summed E-state index contributed by atoms with van der Waals surface area (Å²) in [6.45, 7) is 5.93. The molecule has 0 heterocycles. The maximum absolute atomic E-state index is 14.1. The smallest absolute Gasteiger partial charge is 0.407 e. The number of likely N-dealkylation sites (N-methyl/N-ethyl adjacent to an activating group) is 1. The number of nitrogens with zero attached hydrogens (tertiary/aromatic N) is 1. The van der Waals surface area contributed by atoms with Crippen molar-refractivity contribution in [3.8, 4) is 11.1 Å². The van der Waals surface area contributed by atoms with Gasteiger partial charge in [0.2, 0.25) is 14.2 Å². The molecule has 0 radical (unpaired) electrons. The van der Waals surface area contributed by atoms with E-state index in [1.54, 1.807) is 7.05 Å². The average Bonchev–Trinajstić information content (AvgIpc) is 3.35. The van der Waals surface area contributed by atoms with Gasteiger partial charge in [0, 0.05) is 25.8 Å². The van der Waals surface area contributed by atoms with E-state index in [2.05, 4.69) is 29.6 Å². The Morgan fingerprint density at radius 3 is 1.76 bits per heavy atom. The molecule has 0 spiro atoms. The summed E-state index contributed by atoms with van der Waals surface area (Å²) in [7, 11) is -0.651. The Kier molecular flexibility index (Phi) is 9.83. The molecule has 0 aliphatic heterocycles. The van der Waals surface area contributed by atoms with E-state index in [1.807, 2.05) is 105 Å². The summed E-state index contributed by atoms with van der Waals surface area (Å²) in [6.07, 6.45) is -0.172. The summed E-state index contributed by atoms with van der Waals surface area (Å²) in [4.78, 5) is 42.4. The van der Waals surface area contributed by atoms with Gasteiger partial charge in [0.1, 0.15) is 18.7 Å². The van der Waals surface area contributed by atoms with Crippen molar-refractivity contribution >= 4 is 26.3 Å². The third-order valence-electron chi connectivity index (χ3n) is 7.98. The van der Waals surface area contributed by atoms with Gasteiger partial charge in [-0.25, -0.2) is 4.79 Å². The summed E-state index contributed by atoms with van der Waals surface area (Å²) >= 11 is 0. The lowest BCUT2D eigenvalue weighted by atomic mass is 9.98. The fraction of sp³-hybridized carbons (Fsp3) is 0.270. The fourth-order valence-electron chi connectivity index (χ4n) is 5.82. The molecular formula is C37H40N2O5Si. The van der Waals surface area contributed by atoms with E-state index >= 15 is 0 Å². The summed E-state index contributed by atoms with van der Waals surface area (Å²) in [5.41, 5.74) is 6.25. The number of carbonyl (C=O) groups excluding carboxylic acids is 3. The minimum absolute atomic E-state index is 0.110. The van der Waals surface area contributed by atoms with E-state index in [4.69, 9.17) is 9.16 Å². The molecule has 1 aliphatic rings. The highest BCUT2D eigenvalue weighted by Gasteiger charge is 2.36. The number of nitrogens with one attached hydrogen (secondary N) is 1. The molecule has 5 rings (SSSR count). The predicted molar refractivity (Wildman–Crippen MR) is 178 cm³/mol. The van der Waals surface area contributed by atoms with Crippen LogP contribution in [0, 0.1) is 0 Å². The van der Waals surface area contributed by atoms with Crippen molar-refractivity contribution < 1.29 is 23.5 Å². The highest BCUT2D eigenvalue weighted by atomic mass is 28.4. The van der Waals surface area contributed by atoms with Crippen LogP contribution in [0.2, 0.25) is 19.6 Å². The zero-order chi connectivity index (χ0) is 32.0. The van der Waals surface area contributed by atoms with Gasteiger partial charge >= 0.3 is 12.1 Å². The second-order valence-electron chi connectivity index (χ2n) is 12.4. The van der Waals surface area contributed by atoms with Gasteiger partial charge in [0.25, 0.3) is 0 Å². The summed E-state index contributed by atoms with van der Waals surface area (Å²) in [5.74, 6) is -0.963. The third-order valence-corrected chi connectivity index (χ3v) is 8.80. The number of hydrogen-bond donors (Lipinski definition) is 1. The van der Waals surface area contributed by atoms with E-state index in [-0.39, 0.29) is 25.4 Å². The van der Waals surface area contributed by atoms with E-state index < -0.39 is 38.4 Å². The van der Waals surface area contributed by atoms with E-state index in [0.29, 0.717) is 0 Å². The SMILES string of the molecule is CN(C(=O)[C@H](Cc1ccccc1)NC(=O)OCC1c2ccccc2-c2ccccc21)[C@@H](Cc1ccccc1)C(=O)O[Si](C)(C)C. The molecule has 1 N–H and O–H groups in total. The van der Waals surface area contributed by atoms with Crippen LogP contribution in [0.4, 0.5) is 4.79 Å². The van der Waals surface area contributed by atoms with Crippen LogP contribution in [0.3, 0.4) is 0 Å². The number of hydrogen-bond acceptors (Lipinski definition) is 5. The van der Waals surface area contributed by atoms with Gasteiger partial charge in [-0.3, -0.25) is 9.59 Å². The Hall–Kier alpha value is -4.69. The molecular weight excluding hydrogens is 581 g/mol. The Labute approximate surface area is 266 Å². The lowest BCUT2D eigenvalue weighted by Crippen LogP contribution is -2.55. The predicted octanol–water partition coefficient (Wildman–Crippen LogP) is 6.58. The fourth-order valence-corrected chi connectivity index (χ4v) is 6.56. The normalized spacial score (nSPS) is 13.6. The first-order chi connectivity index (χ1) is 21.6. The number of alkyl carbamates (subject to hydrolysis) is 1. The van der Waals surface area contributed by atoms with Crippen LogP contribution in [0.1, 0.15) is 28.2 Å². The molecule has 45 heavy (non-hydrogen) atoms. The van der Waals surface area contributed by atoms with Crippen LogP contribution in [0.15, 0.2) is 109 Å². The highest BCUT2D eigenvalue weighted by molar-refractivity contribution is 6.71. The molecule has 4 aromatic carbocycles. The highest BCUT2D eigenvalue weighted by Crippen LogP contribution is 2.44. The van der Waals surface area contributed by atoms with Crippen molar-refractivity contribution in [3.05, 3.63) is 131 Å². The van der Waals surface area contributed by atoms with Crippen molar-refractivity contribution in [3.63, 3.8) is 0 Å². The Morgan fingerprint density at radius 2 is 1.22 bits per heavy atom. The molecule has 2 atom stereocenters. The number of fused-ring (bicyclic) bond motifs is 3. The van der Waals surface area contributed by atoms with Gasteiger partial charge in [-0.2, -0.15) is 0 Å². The van der Waals surface area contributed by atoms with Crippen LogP contribution in [0.5, 0.6) is 0 Å². The van der Waals surface area contributed by atoms with Gasteiger partial charge in [0.15, 0.2) is 0 Å². The lowest BCUT2D eigenvalue weighted by molar-refractivity contribution is -0.148. The molecule has 0 aromatic heterocycles. The van der Waals surface area contributed by atoms with Gasteiger partial charge in [0.05, 0.1) is 0 Å². The standard InChI is InChI=1S/C37H40N2O5Si/c1-39(34(36(41)44-45(2,3)4)24-27-17-9-6-10-18-27)35(40)33(23-26-15-7-5-8-16-26)38-37(42)43-25-32-30-21-13-11-19-28(30)29-20-12-14-22-31(29)32/h5-22,32-34H,23-25H2,1-4H3,(H,38,42)/t33-,34-/m0/s1. The molecule has 0 saturated heterocycles. The Morgan fingerprint density at radius 1 is 0.733 bits per heavy atom. The van der Waals surface area contributed by atoms with Gasteiger partial charge in [-0.1, -0.05) is 109 Å². The van der Waals surface area contributed by atoms with Crippen molar-refractivity contribution in [2.75, 3.05) is 13.7 Å². The second kappa shape index (κ2) is 13.9. The first-order valence-corrected chi connectivity index (χ1v) is 18.7. The molecule has 1 aliphatic carbocycles. The molecule has 0 fully saturated rings. The molecule has 8 heteroatoms. The van der Waals surface area contributed by atoms with Crippen molar-refractivity contribution in [1.82, 2.24) is 10.2 Å². The lowest BCUT2D eigenvalue weighted by Gasteiger charge is -2.32. The molecule has 4 aromatic rings. The maximum Gasteiger partial charge on any atom is 0.407 e. The zero-order valence-electron chi connectivity index (χ0n) is 26.2. The summed E-state index contributed by atoms with van der Waals surface area (Å²) in [6, 6.07) is 33.5. The summed E-state index contributed by atoms with van der Waals surface area (Å²) < 4.78 is 11.7. The number of ether oxygens (including phenoxy) is 1. The molecule has 7 nitrogen and oxygen atoms in total. The van der Waals surface area contributed by atoms with Gasteiger partial charge in [-0.15, -0.1) is 0 Å². The average molecular weight is 621 g/mol. The van der Waals surface area contributed by atoms with Gasteiger partial charge < -0.3 is 19.4 Å². The number of amides is 2. The number of benzene rings is 4. The van der Waals surface area contributed by atoms with Crippen LogP contribution in [-0.4, -0.2) is 56.9 Å². The first-order valence-electron chi connectivity index (χ1n) is 15.3. The molecule has 0 saturated carbocycles. The molecule has 232 valence electrons. The van der Waals surface area contributed by atoms with Crippen LogP contribution in [-0.2, 0) is 31.6 Å². The van der Waals surface area contributed by atoms with Crippen LogP contribution in [0.25, 0.3) is 11.1 Å². The van der Waals surface area contributed by atoms with Gasteiger partial charge in [-0.05, 0) is 53.0 Å². The Balaban J connectivity index is 1.35. The monoisotopic (exact) mass is 620 g/mol. The topological polar surface area (TPSA) is 84.9 Å². The molecule has 0 unspecified atom stereocenters. The summed E-state index contributed by atoms with van der Waals surface area (Å²) in [5, 5.41) is 2.83. The van der Waals surface area contributed by atoms with E-state index in [9.17, 15) is 14.4 Å². The maximum atomic E-state index is 14.1. The largest absolute Gasteiger partial charge is 0.518 e. The van der Waals surface area contributed by atoms with Crippen LogP contribution < -0.4 is 5.32 Å². The first kappa shape index (κ1) is 31.7. The molecule has 0 bridgehead atoms. The molecule has 2 amide bonds. The third kappa shape index (κ3) is 7.88. The van der Waals surface area contributed by atoms with Crippen molar-refractivity contribution in [1.29, 1.82) is 0 Å². The quantitative estimate of drug-likeness (QED) is 0.192. The minimum Gasteiger partial charge on any atom is -0.518 e.